The van der Waals surface area contributed by atoms with Gasteiger partial charge in [-0.1, -0.05) is 15.9 Å². The van der Waals surface area contributed by atoms with Crippen LogP contribution in [-0.2, 0) is 5.54 Å². The molecule has 0 fully saturated rings. The lowest BCUT2D eigenvalue weighted by molar-refractivity contribution is 0.604. The fourth-order valence-corrected chi connectivity index (χ4v) is 2.72. The molecule has 2 rings (SSSR count). The van der Waals surface area contributed by atoms with Crippen molar-refractivity contribution in [3.63, 3.8) is 0 Å². The van der Waals surface area contributed by atoms with Gasteiger partial charge in [0.25, 0.3) is 0 Å². The third-order valence-electron chi connectivity index (χ3n) is 2.52. The average molecular weight is 322 g/mol. The van der Waals surface area contributed by atoms with Crippen LogP contribution in [0.3, 0.4) is 0 Å². The van der Waals surface area contributed by atoms with Gasteiger partial charge in [0.2, 0.25) is 0 Å². The Morgan fingerprint density at radius 1 is 1.44 bits per heavy atom. The maximum Gasteiger partial charge on any atom is 0.117 e. The van der Waals surface area contributed by atoms with Crippen molar-refractivity contribution in [2.24, 2.45) is 0 Å². The Kier molecular flexibility index (Phi) is 3.69. The molecular formula is C13H12BrN3S. The number of anilines is 1. The first kappa shape index (κ1) is 13.1. The summed E-state index contributed by atoms with van der Waals surface area (Å²) in [6.07, 6.45) is 1.79. The Labute approximate surface area is 119 Å². The van der Waals surface area contributed by atoms with Crippen LogP contribution in [0.1, 0.15) is 24.4 Å². The van der Waals surface area contributed by atoms with E-state index in [9.17, 15) is 0 Å². The maximum atomic E-state index is 9.15. The first-order chi connectivity index (χ1) is 8.53. The number of nitriles is 1. The molecule has 1 aromatic carbocycles. The van der Waals surface area contributed by atoms with Crippen molar-refractivity contribution in [1.29, 1.82) is 5.26 Å². The summed E-state index contributed by atoms with van der Waals surface area (Å²) in [7, 11) is 0. The highest BCUT2D eigenvalue weighted by Gasteiger charge is 2.23. The number of thiazole rings is 1. The SMILES string of the molecule is CC(C)(Nc1ccc(Br)cc1C#N)c1nccs1. The van der Waals surface area contributed by atoms with Crippen LogP contribution in [-0.4, -0.2) is 4.98 Å². The Bertz CT molecular complexity index is 585. The first-order valence-corrected chi connectivity index (χ1v) is 7.08. The summed E-state index contributed by atoms with van der Waals surface area (Å²) in [6.45, 7) is 4.10. The first-order valence-electron chi connectivity index (χ1n) is 5.41. The lowest BCUT2D eigenvalue weighted by Crippen LogP contribution is -2.28. The summed E-state index contributed by atoms with van der Waals surface area (Å²) in [5.74, 6) is 0. The van der Waals surface area contributed by atoms with Gasteiger partial charge in [0.05, 0.1) is 16.8 Å². The van der Waals surface area contributed by atoms with Crippen molar-refractivity contribution < 1.29 is 0 Å². The molecule has 3 nitrogen and oxygen atoms in total. The Morgan fingerprint density at radius 2 is 2.22 bits per heavy atom. The van der Waals surface area contributed by atoms with Crippen LogP contribution >= 0.6 is 27.3 Å². The number of nitrogens with zero attached hydrogens (tertiary/aromatic N) is 2. The molecule has 0 radical (unpaired) electrons. The number of aromatic nitrogens is 1. The van der Waals surface area contributed by atoms with Crippen LogP contribution in [0.15, 0.2) is 34.2 Å². The third kappa shape index (κ3) is 2.71. The van der Waals surface area contributed by atoms with E-state index in [4.69, 9.17) is 5.26 Å². The van der Waals surface area contributed by atoms with Gasteiger partial charge in [-0.15, -0.1) is 11.3 Å². The molecule has 0 saturated carbocycles. The highest BCUT2D eigenvalue weighted by atomic mass is 79.9. The van der Waals surface area contributed by atoms with Crippen molar-refractivity contribution in [3.05, 3.63) is 44.8 Å². The van der Waals surface area contributed by atoms with Gasteiger partial charge in [0.15, 0.2) is 0 Å². The van der Waals surface area contributed by atoms with Gasteiger partial charge in [-0.2, -0.15) is 5.26 Å². The summed E-state index contributed by atoms with van der Waals surface area (Å²) in [6, 6.07) is 7.82. The van der Waals surface area contributed by atoms with Crippen molar-refractivity contribution in [2.45, 2.75) is 19.4 Å². The molecule has 1 aromatic heterocycles. The van der Waals surface area contributed by atoms with E-state index in [0.717, 1.165) is 15.2 Å². The lowest BCUT2D eigenvalue weighted by Gasteiger charge is -2.25. The van der Waals surface area contributed by atoms with Gasteiger partial charge in [-0.3, -0.25) is 0 Å². The maximum absolute atomic E-state index is 9.15. The van der Waals surface area contributed by atoms with E-state index < -0.39 is 0 Å². The molecule has 0 aliphatic carbocycles. The molecule has 0 aliphatic rings. The van der Waals surface area contributed by atoms with E-state index in [0.29, 0.717) is 5.56 Å². The Balaban J connectivity index is 2.32. The normalized spacial score (nSPS) is 11.0. The number of benzene rings is 1. The van der Waals surface area contributed by atoms with Crippen molar-refractivity contribution >= 4 is 33.0 Å². The molecule has 0 saturated heterocycles. The van der Waals surface area contributed by atoms with E-state index in [2.05, 4.69) is 46.1 Å². The van der Waals surface area contributed by atoms with Gasteiger partial charge in [0.1, 0.15) is 11.1 Å². The molecule has 0 bridgehead atoms. The van der Waals surface area contributed by atoms with Crippen LogP contribution in [0, 0.1) is 11.3 Å². The summed E-state index contributed by atoms with van der Waals surface area (Å²) in [5, 5.41) is 15.5. The third-order valence-corrected chi connectivity index (χ3v) is 4.11. The molecule has 2 aromatic rings. The summed E-state index contributed by atoms with van der Waals surface area (Å²) >= 11 is 4.97. The number of hydrogen-bond donors (Lipinski definition) is 1. The van der Waals surface area contributed by atoms with Crippen LogP contribution in [0.2, 0.25) is 0 Å². The summed E-state index contributed by atoms with van der Waals surface area (Å²) < 4.78 is 0.900. The zero-order valence-corrected chi connectivity index (χ0v) is 12.5. The number of halogens is 1. The highest BCUT2D eigenvalue weighted by Crippen LogP contribution is 2.29. The van der Waals surface area contributed by atoms with E-state index in [1.54, 1.807) is 23.6 Å². The molecule has 92 valence electrons. The van der Waals surface area contributed by atoms with Crippen molar-refractivity contribution in [1.82, 2.24) is 4.98 Å². The van der Waals surface area contributed by atoms with Gasteiger partial charge < -0.3 is 5.32 Å². The smallest absolute Gasteiger partial charge is 0.117 e. The largest absolute Gasteiger partial charge is 0.373 e. The Morgan fingerprint density at radius 3 is 2.83 bits per heavy atom. The fraction of sp³-hybridized carbons (Fsp3) is 0.231. The van der Waals surface area contributed by atoms with Crippen molar-refractivity contribution in [2.75, 3.05) is 5.32 Å². The summed E-state index contributed by atoms with van der Waals surface area (Å²) in [4.78, 5) is 4.32. The summed E-state index contributed by atoms with van der Waals surface area (Å²) in [5.41, 5.74) is 1.14. The topological polar surface area (TPSA) is 48.7 Å². The number of hydrogen-bond acceptors (Lipinski definition) is 4. The molecule has 1 heterocycles. The molecule has 0 atom stereocenters. The molecule has 18 heavy (non-hydrogen) atoms. The van der Waals surface area contributed by atoms with E-state index in [1.807, 2.05) is 17.5 Å². The molecule has 1 N–H and O–H groups in total. The second-order valence-corrected chi connectivity index (χ2v) is 6.20. The average Bonchev–Trinajstić information content (AvgIpc) is 2.85. The van der Waals surface area contributed by atoms with Gasteiger partial charge >= 0.3 is 0 Å². The predicted molar refractivity (Wildman–Crippen MR) is 77.6 cm³/mol. The van der Waals surface area contributed by atoms with Crippen LogP contribution < -0.4 is 5.32 Å². The van der Waals surface area contributed by atoms with E-state index in [-0.39, 0.29) is 5.54 Å². The van der Waals surface area contributed by atoms with E-state index in [1.165, 1.54) is 0 Å². The zero-order chi connectivity index (χ0) is 13.2. The van der Waals surface area contributed by atoms with Gasteiger partial charge in [0, 0.05) is 16.0 Å². The van der Waals surface area contributed by atoms with E-state index >= 15 is 0 Å². The minimum Gasteiger partial charge on any atom is -0.373 e. The van der Waals surface area contributed by atoms with Gasteiger partial charge in [-0.05, 0) is 32.0 Å². The second kappa shape index (κ2) is 5.09. The zero-order valence-electron chi connectivity index (χ0n) is 10.1. The van der Waals surface area contributed by atoms with Crippen LogP contribution in [0.4, 0.5) is 5.69 Å². The quantitative estimate of drug-likeness (QED) is 0.924. The molecule has 0 unspecified atom stereocenters. The molecule has 5 heteroatoms. The number of nitrogens with one attached hydrogen (secondary N) is 1. The van der Waals surface area contributed by atoms with Crippen molar-refractivity contribution in [3.8, 4) is 6.07 Å². The van der Waals surface area contributed by atoms with Crippen LogP contribution in [0.25, 0.3) is 0 Å². The monoisotopic (exact) mass is 321 g/mol. The second-order valence-electron chi connectivity index (χ2n) is 4.39. The minimum atomic E-state index is -0.298. The number of rotatable bonds is 3. The molecule has 0 amide bonds. The lowest BCUT2D eigenvalue weighted by atomic mass is 10.0. The minimum absolute atomic E-state index is 0.298. The standard InChI is InChI=1S/C13H12BrN3S/c1-13(2,12-16-5-6-18-12)17-11-4-3-10(14)7-9(11)8-15/h3-7,17H,1-2H3. The molecule has 0 aliphatic heterocycles. The highest BCUT2D eigenvalue weighted by molar-refractivity contribution is 9.10. The fourth-order valence-electron chi connectivity index (χ4n) is 1.64. The predicted octanol–water partition coefficient (Wildman–Crippen LogP) is 4.12. The molecular weight excluding hydrogens is 310 g/mol. The van der Waals surface area contributed by atoms with Crippen LogP contribution in [0.5, 0.6) is 0 Å². The Hall–Kier alpha value is -1.38. The van der Waals surface area contributed by atoms with Gasteiger partial charge in [-0.25, -0.2) is 4.98 Å². The molecule has 0 spiro atoms.